The largest absolute Gasteiger partial charge is 0.481 e. The van der Waals surface area contributed by atoms with Crippen LogP contribution in [-0.4, -0.2) is 75.2 Å². The van der Waals surface area contributed by atoms with Crippen LogP contribution in [0.25, 0.3) is 0 Å². The number of hydrogen-bond acceptors (Lipinski definition) is 9. The van der Waals surface area contributed by atoms with E-state index in [2.05, 4.69) is 59.3 Å². The summed E-state index contributed by atoms with van der Waals surface area (Å²) in [7, 11) is -3.29. The Morgan fingerprint density at radius 1 is 1.04 bits per heavy atom. The van der Waals surface area contributed by atoms with Crippen LogP contribution < -0.4 is 10.5 Å². The van der Waals surface area contributed by atoms with Crippen molar-refractivity contribution in [1.82, 2.24) is 4.72 Å². The molecule has 3 saturated carbocycles. The molecule has 0 aromatic carbocycles. The van der Waals surface area contributed by atoms with Crippen LogP contribution in [0, 0.1) is 56.7 Å². The highest BCUT2D eigenvalue weighted by Crippen LogP contribution is 2.75. The predicted octanol–water partition coefficient (Wildman–Crippen LogP) is 5.86. The van der Waals surface area contributed by atoms with Crippen LogP contribution in [0.4, 0.5) is 0 Å². The van der Waals surface area contributed by atoms with E-state index in [1.807, 2.05) is 0 Å². The van der Waals surface area contributed by atoms with Gasteiger partial charge in [0, 0.05) is 24.3 Å². The molecule has 52 heavy (non-hydrogen) atoms. The third kappa shape index (κ3) is 6.67. The highest BCUT2D eigenvalue weighted by atomic mass is 32.2. The Hall–Kier alpha value is -2.02. The average molecular weight is 751 g/mol. The zero-order valence-electron chi connectivity index (χ0n) is 33.1. The van der Waals surface area contributed by atoms with Gasteiger partial charge in [-0.15, -0.1) is 0 Å². The lowest BCUT2D eigenvalue weighted by atomic mass is 9.34. The number of carbonyl (C=O) groups excluding carboxylic acids is 2. The van der Waals surface area contributed by atoms with Crippen LogP contribution in [0.1, 0.15) is 120 Å². The fourth-order valence-electron chi connectivity index (χ4n) is 12.3. The number of hydrogen-bond donors (Lipinski definition) is 3. The third-order valence-corrected chi connectivity index (χ3v) is 17.0. The van der Waals surface area contributed by atoms with E-state index in [-0.39, 0.29) is 40.9 Å². The summed E-state index contributed by atoms with van der Waals surface area (Å²) < 4.78 is 44.8. The lowest BCUT2D eigenvalue weighted by Crippen LogP contribution is -2.70. The van der Waals surface area contributed by atoms with Crippen molar-refractivity contribution < 1.29 is 42.1 Å². The molecule has 5 aliphatic rings. The van der Waals surface area contributed by atoms with Crippen LogP contribution in [-0.2, 0) is 38.6 Å². The number of unbranched alkanes of at least 4 members (excludes halogenated alkanes) is 1. The first-order valence-electron chi connectivity index (χ1n) is 19.7. The maximum atomic E-state index is 13.6. The maximum absolute atomic E-state index is 13.6. The summed E-state index contributed by atoms with van der Waals surface area (Å²) in [4.78, 5) is 39.6. The van der Waals surface area contributed by atoms with Crippen molar-refractivity contribution >= 4 is 27.9 Å². The molecule has 1 heterocycles. The van der Waals surface area contributed by atoms with Gasteiger partial charge in [-0.25, -0.2) is 13.1 Å². The molecule has 5 rings (SSSR count). The molecule has 12 atom stereocenters. The fraction of sp³-hybridized carbons (Fsp3) is 0.875. The fourth-order valence-corrected chi connectivity index (χ4v) is 12.9. The minimum Gasteiger partial charge on any atom is -0.481 e. The van der Waals surface area contributed by atoms with Gasteiger partial charge in [-0.1, -0.05) is 66.5 Å². The van der Waals surface area contributed by atoms with Gasteiger partial charge in [0.05, 0.1) is 24.9 Å². The molecule has 0 radical (unpaired) electrons. The third-order valence-electron chi connectivity index (χ3n) is 15.6. The normalized spacial score (nSPS) is 41.1. The number of rotatable bonds is 13. The number of carboxylic acids is 1. The summed E-state index contributed by atoms with van der Waals surface area (Å²) in [5, 5.41) is 11.0. The minimum atomic E-state index is -3.29. The molecule has 4 N–H and O–H groups in total. The molecular weight excluding hydrogens is 685 g/mol. The summed E-state index contributed by atoms with van der Waals surface area (Å²) in [6, 6.07) is -0.910. The second-order valence-electron chi connectivity index (χ2n) is 18.5. The van der Waals surface area contributed by atoms with Gasteiger partial charge >= 0.3 is 17.9 Å². The van der Waals surface area contributed by atoms with Crippen LogP contribution in [0.2, 0.25) is 0 Å². The van der Waals surface area contributed by atoms with Gasteiger partial charge < -0.3 is 25.1 Å². The molecule has 0 spiro atoms. The Balaban J connectivity index is 1.43. The van der Waals surface area contributed by atoms with Crippen LogP contribution in [0.15, 0.2) is 11.6 Å². The van der Waals surface area contributed by atoms with Gasteiger partial charge in [-0.2, -0.15) is 0 Å². The van der Waals surface area contributed by atoms with Gasteiger partial charge in [-0.3, -0.25) is 14.4 Å². The SMILES string of the molecule is CCS(=O)(=O)NCCCCC(N)C(=O)O[C@H]1[C@H](OC(C)=O)C[C@@]23COC[C@]1(C)[C@@H]2CC[C@H]1C3=CC[C@@]2(C)[C@H](C(=O)O)[C@@](C)([C@H](C)C(C)C)CC[C@]12C. The molecule has 1 aliphatic heterocycles. The predicted molar refractivity (Wildman–Crippen MR) is 198 cm³/mol. The van der Waals surface area contributed by atoms with E-state index in [9.17, 15) is 27.9 Å². The molecular formula is C40H66N2O9S. The van der Waals surface area contributed by atoms with Crippen molar-refractivity contribution in [3.63, 3.8) is 0 Å². The first kappa shape index (κ1) is 41.1. The Morgan fingerprint density at radius 2 is 1.73 bits per heavy atom. The van der Waals surface area contributed by atoms with Crippen molar-refractivity contribution in [2.24, 2.45) is 62.4 Å². The van der Waals surface area contributed by atoms with Crippen molar-refractivity contribution in [3.05, 3.63) is 11.6 Å². The molecule has 296 valence electrons. The van der Waals surface area contributed by atoms with Gasteiger partial charge in [0.1, 0.15) is 18.2 Å². The van der Waals surface area contributed by atoms with E-state index < -0.39 is 68.3 Å². The Morgan fingerprint density at radius 3 is 2.35 bits per heavy atom. The highest BCUT2D eigenvalue weighted by molar-refractivity contribution is 7.89. The number of sulfonamides is 1. The molecule has 4 aliphatic carbocycles. The summed E-state index contributed by atoms with van der Waals surface area (Å²) in [6.07, 6.45) is 6.98. The average Bonchev–Trinajstić information content (AvgIpc) is 3.05. The second kappa shape index (κ2) is 14.6. The quantitative estimate of drug-likeness (QED) is 0.118. The minimum absolute atomic E-state index is 0.00753. The van der Waals surface area contributed by atoms with E-state index in [0.29, 0.717) is 51.2 Å². The molecule has 0 aromatic heterocycles. The molecule has 1 saturated heterocycles. The number of esters is 2. The van der Waals surface area contributed by atoms with Gasteiger partial charge in [0.25, 0.3) is 0 Å². The van der Waals surface area contributed by atoms with Gasteiger partial charge in [-0.05, 0) is 98.2 Å². The van der Waals surface area contributed by atoms with E-state index in [1.54, 1.807) is 6.92 Å². The zero-order chi connectivity index (χ0) is 38.7. The van der Waals surface area contributed by atoms with Crippen LogP contribution in [0.3, 0.4) is 0 Å². The standard InChI is InChI=1S/C40H66N2O9S/c1-10-52(47,48)42-20-12-11-13-29(41)35(46)51-33-30(50-26(5)43)21-40-23-49-22-37(33,7)31(40)15-14-27-28(40)16-17-39(9)32(34(44)45)36(6,25(4)24(2)3)18-19-38(27,39)8/h16,24-25,27,29-33,42H,10-15,17-23,41H2,1-9H3,(H,44,45)/t25-,27+,29?,30-,31+,32-,33+,36-,37-,38-,39+,40+/m1/s1. The highest BCUT2D eigenvalue weighted by Gasteiger charge is 2.72. The molecule has 0 aromatic rings. The summed E-state index contributed by atoms with van der Waals surface area (Å²) in [5.74, 6) is -1.32. The Bertz CT molecular complexity index is 1530. The van der Waals surface area contributed by atoms with Crippen molar-refractivity contribution in [3.8, 4) is 0 Å². The molecule has 2 bridgehead atoms. The lowest BCUT2D eigenvalue weighted by molar-refractivity contribution is -0.263. The summed E-state index contributed by atoms with van der Waals surface area (Å²) in [5.41, 5.74) is 5.51. The summed E-state index contributed by atoms with van der Waals surface area (Å²) >= 11 is 0. The molecule has 0 amide bonds. The molecule has 11 nitrogen and oxygen atoms in total. The maximum Gasteiger partial charge on any atom is 0.323 e. The number of nitrogens with two attached hydrogens (primary N) is 1. The number of allylic oxidation sites excluding steroid dienone is 1. The number of aliphatic carboxylic acids is 1. The summed E-state index contributed by atoms with van der Waals surface area (Å²) in [6.45, 7) is 19.6. The monoisotopic (exact) mass is 750 g/mol. The number of carboxylic acid groups (broad SMARTS) is 1. The molecule has 12 heteroatoms. The number of carbonyl (C=O) groups is 3. The Labute approximate surface area is 312 Å². The van der Waals surface area contributed by atoms with Crippen molar-refractivity contribution in [2.75, 3.05) is 25.5 Å². The number of nitrogens with one attached hydrogen (secondary N) is 1. The zero-order valence-corrected chi connectivity index (χ0v) is 33.9. The lowest BCUT2D eigenvalue weighted by Gasteiger charge is -2.71. The number of ether oxygens (including phenoxy) is 3. The van der Waals surface area contributed by atoms with Crippen LogP contribution >= 0.6 is 0 Å². The molecule has 4 fully saturated rings. The van der Waals surface area contributed by atoms with E-state index in [0.717, 1.165) is 25.7 Å². The van der Waals surface area contributed by atoms with E-state index in [1.165, 1.54) is 12.5 Å². The smallest absolute Gasteiger partial charge is 0.323 e. The van der Waals surface area contributed by atoms with E-state index in [4.69, 9.17) is 19.9 Å². The first-order valence-corrected chi connectivity index (χ1v) is 21.4. The van der Waals surface area contributed by atoms with Gasteiger partial charge in [0.15, 0.2) is 0 Å². The van der Waals surface area contributed by atoms with E-state index >= 15 is 0 Å². The van der Waals surface area contributed by atoms with Gasteiger partial charge in [0.2, 0.25) is 10.0 Å². The molecule has 1 unspecified atom stereocenters. The van der Waals surface area contributed by atoms with Crippen molar-refractivity contribution in [2.45, 2.75) is 138 Å². The van der Waals surface area contributed by atoms with Crippen molar-refractivity contribution in [1.29, 1.82) is 0 Å². The van der Waals surface area contributed by atoms with Crippen LogP contribution in [0.5, 0.6) is 0 Å². The topological polar surface area (TPSA) is 171 Å². The first-order chi connectivity index (χ1) is 24.1. The Kier molecular flexibility index (Phi) is 11.5. The number of fused-ring (bicyclic) bond motifs is 3. The second-order valence-corrected chi connectivity index (χ2v) is 20.6.